The Bertz CT molecular complexity index is 1070. The molecule has 0 bridgehead atoms. The number of para-hydroxylation sites is 1. The Morgan fingerprint density at radius 2 is 1.44 bits per heavy atom. The fourth-order valence-corrected chi connectivity index (χ4v) is 3.93. The normalized spacial score (nSPS) is 15.2. The molecule has 6 heteroatoms. The molecular weight excluding hydrogens is 404 g/mol. The number of piperazine rings is 1. The molecule has 0 aromatic heterocycles. The van der Waals surface area contributed by atoms with Gasteiger partial charge in [0.25, 0.3) is 5.91 Å². The molecule has 0 aliphatic carbocycles. The monoisotopic (exact) mass is 430 g/mol. The van der Waals surface area contributed by atoms with E-state index in [2.05, 4.69) is 24.0 Å². The number of carbonyl (C=O) groups is 2. The molecule has 1 unspecified atom stereocenters. The van der Waals surface area contributed by atoms with E-state index in [1.165, 1.54) is 17.7 Å². The molecule has 1 fully saturated rings. The lowest BCUT2D eigenvalue weighted by molar-refractivity contribution is 0.0582. The van der Waals surface area contributed by atoms with Crippen LogP contribution < -0.4 is 4.74 Å². The lowest BCUT2D eigenvalue weighted by Gasteiger charge is -2.38. The van der Waals surface area contributed by atoms with Crippen LogP contribution >= 0.6 is 0 Å². The Hall–Kier alpha value is -3.64. The van der Waals surface area contributed by atoms with Gasteiger partial charge >= 0.3 is 5.97 Å². The lowest BCUT2D eigenvalue weighted by atomic mass is 10.1. The Morgan fingerprint density at radius 1 is 0.812 bits per heavy atom. The topological polar surface area (TPSA) is 70.1 Å². The van der Waals surface area contributed by atoms with Crippen LogP contribution in [0.25, 0.3) is 0 Å². The van der Waals surface area contributed by atoms with Crippen molar-refractivity contribution in [2.45, 2.75) is 13.0 Å². The van der Waals surface area contributed by atoms with Gasteiger partial charge in [-0.25, -0.2) is 4.79 Å². The third kappa shape index (κ3) is 4.98. The summed E-state index contributed by atoms with van der Waals surface area (Å²) in [6.45, 7) is 4.90. The third-order valence-corrected chi connectivity index (χ3v) is 5.85. The number of carbonyl (C=O) groups excluding carboxylic acids is 1. The van der Waals surface area contributed by atoms with Crippen molar-refractivity contribution >= 4 is 11.9 Å². The van der Waals surface area contributed by atoms with Crippen LogP contribution in [-0.2, 0) is 0 Å². The first-order valence-corrected chi connectivity index (χ1v) is 10.7. The minimum absolute atomic E-state index is 0.122. The smallest absolute Gasteiger partial charge is 0.335 e. The second-order valence-electron chi connectivity index (χ2n) is 7.87. The number of rotatable bonds is 6. The van der Waals surface area contributed by atoms with Crippen LogP contribution in [-0.4, -0.2) is 53.0 Å². The number of benzene rings is 3. The highest BCUT2D eigenvalue weighted by Crippen LogP contribution is 2.26. The highest BCUT2D eigenvalue weighted by molar-refractivity contribution is 5.97. The molecule has 6 nitrogen and oxygen atoms in total. The SMILES string of the molecule is CC(c1ccc(Oc2ccccc2)cc1)N1CCN(C(=O)c2cccc(C(=O)O)c2)CC1. The zero-order valence-corrected chi connectivity index (χ0v) is 18.0. The van der Waals surface area contributed by atoms with E-state index >= 15 is 0 Å². The van der Waals surface area contributed by atoms with Gasteiger partial charge in [-0.1, -0.05) is 36.4 Å². The van der Waals surface area contributed by atoms with Gasteiger partial charge in [0, 0.05) is 37.8 Å². The number of carboxylic acids is 1. The number of hydrogen-bond donors (Lipinski definition) is 1. The molecule has 1 aliphatic rings. The Labute approximate surface area is 187 Å². The zero-order valence-electron chi connectivity index (χ0n) is 18.0. The molecule has 3 aromatic rings. The zero-order chi connectivity index (χ0) is 22.5. The molecule has 1 atom stereocenters. The summed E-state index contributed by atoms with van der Waals surface area (Å²) in [4.78, 5) is 28.1. The van der Waals surface area contributed by atoms with Gasteiger partial charge in [-0.05, 0) is 55.0 Å². The minimum atomic E-state index is -1.03. The van der Waals surface area contributed by atoms with Crippen LogP contribution in [0.15, 0.2) is 78.9 Å². The van der Waals surface area contributed by atoms with E-state index in [-0.39, 0.29) is 17.5 Å². The number of ether oxygens (including phenoxy) is 1. The van der Waals surface area contributed by atoms with Gasteiger partial charge in [0.05, 0.1) is 5.56 Å². The molecule has 0 saturated carbocycles. The van der Waals surface area contributed by atoms with Crippen LogP contribution in [0.3, 0.4) is 0 Å². The Kier molecular flexibility index (Phi) is 6.52. The second kappa shape index (κ2) is 9.66. The standard InChI is InChI=1S/C26H26N2O4/c1-19(20-10-12-24(13-11-20)32-23-8-3-2-4-9-23)27-14-16-28(17-15-27)25(29)21-6-5-7-22(18-21)26(30)31/h2-13,18-19H,14-17H2,1H3,(H,30,31). The summed E-state index contributed by atoms with van der Waals surface area (Å²) >= 11 is 0. The summed E-state index contributed by atoms with van der Waals surface area (Å²) in [6.07, 6.45) is 0. The van der Waals surface area contributed by atoms with E-state index in [9.17, 15) is 9.59 Å². The van der Waals surface area contributed by atoms with Crippen LogP contribution in [0.5, 0.6) is 11.5 Å². The summed E-state index contributed by atoms with van der Waals surface area (Å²) in [6, 6.07) is 24.3. The van der Waals surface area contributed by atoms with Crippen molar-refractivity contribution in [1.29, 1.82) is 0 Å². The summed E-state index contributed by atoms with van der Waals surface area (Å²) < 4.78 is 5.87. The first-order chi connectivity index (χ1) is 15.5. The molecule has 3 aromatic carbocycles. The van der Waals surface area contributed by atoms with Crippen molar-refractivity contribution < 1.29 is 19.4 Å². The van der Waals surface area contributed by atoms with Crippen LogP contribution in [0, 0.1) is 0 Å². The highest BCUT2D eigenvalue weighted by Gasteiger charge is 2.25. The van der Waals surface area contributed by atoms with Crippen LogP contribution in [0.4, 0.5) is 0 Å². The number of hydrogen-bond acceptors (Lipinski definition) is 4. The Balaban J connectivity index is 1.34. The molecule has 0 radical (unpaired) electrons. The molecule has 4 rings (SSSR count). The van der Waals surface area contributed by atoms with Crippen molar-refractivity contribution in [2.75, 3.05) is 26.2 Å². The van der Waals surface area contributed by atoms with Gasteiger partial charge in [0.15, 0.2) is 0 Å². The number of nitrogens with zero attached hydrogens (tertiary/aromatic N) is 2. The molecule has 164 valence electrons. The minimum Gasteiger partial charge on any atom is -0.478 e. The number of amides is 1. The van der Waals surface area contributed by atoms with Crippen molar-refractivity contribution in [2.24, 2.45) is 0 Å². The molecule has 1 aliphatic heterocycles. The lowest BCUT2D eigenvalue weighted by Crippen LogP contribution is -2.49. The maximum absolute atomic E-state index is 12.8. The quantitative estimate of drug-likeness (QED) is 0.614. The van der Waals surface area contributed by atoms with Gasteiger partial charge in [0.2, 0.25) is 0 Å². The van der Waals surface area contributed by atoms with Gasteiger partial charge in [-0.3, -0.25) is 9.69 Å². The fraction of sp³-hybridized carbons (Fsp3) is 0.231. The van der Waals surface area contributed by atoms with E-state index in [0.29, 0.717) is 18.7 Å². The third-order valence-electron chi connectivity index (χ3n) is 5.85. The van der Waals surface area contributed by atoms with Crippen LogP contribution in [0.2, 0.25) is 0 Å². The Morgan fingerprint density at radius 3 is 2.09 bits per heavy atom. The first kappa shape index (κ1) is 21.6. The molecule has 1 N–H and O–H groups in total. The predicted octanol–water partition coefficient (Wildman–Crippen LogP) is 4.70. The van der Waals surface area contributed by atoms with Crippen molar-refractivity contribution in [3.05, 3.63) is 95.6 Å². The van der Waals surface area contributed by atoms with Gasteiger partial charge in [0.1, 0.15) is 11.5 Å². The molecule has 1 saturated heterocycles. The molecule has 1 heterocycles. The van der Waals surface area contributed by atoms with E-state index in [1.54, 1.807) is 17.0 Å². The van der Waals surface area contributed by atoms with Crippen molar-refractivity contribution in [3.8, 4) is 11.5 Å². The van der Waals surface area contributed by atoms with Crippen LogP contribution in [0.1, 0.15) is 39.2 Å². The molecule has 1 amide bonds. The van der Waals surface area contributed by atoms with E-state index in [4.69, 9.17) is 9.84 Å². The average Bonchev–Trinajstić information content (AvgIpc) is 2.84. The van der Waals surface area contributed by atoms with E-state index in [1.807, 2.05) is 42.5 Å². The number of carboxylic acid groups (broad SMARTS) is 1. The average molecular weight is 431 g/mol. The maximum atomic E-state index is 12.8. The first-order valence-electron chi connectivity index (χ1n) is 10.7. The fourth-order valence-electron chi connectivity index (χ4n) is 3.93. The summed E-state index contributed by atoms with van der Waals surface area (Å²) in [5.41, 5.74) is 1.74. The maximum Gasteiger partial charge on any atom is 0.335 e. The summed E-state index contributed by atoms with van der Waals surface area (Å²) in [5, 5.41) is 9.16. The second-order valence-corrected chi connectivity index (χ2v) is 7.87. The molecule has 32 heavy (non-hydrogen) atoms. The van der Waals surface area contributed by atoms with Gasteiger partial charge < -0.3 is 14.7 Å². The summed E-state index contributed by atoms with van der Waals surface area (Å²) in [5.74, 6) is 0.454. The summed E-state index contributed by atoms with van der Waals surface area (Å²) in [7, 11) is 0. The predicted molar refractivity (Wildman–Crippen MR) is 122 cm³/mol. The van der Waals surface area contributed by atoms with E-state index in [0.717, 1.165) is 24.6 Å². The van der Waals surface area contributed by atoms with Gasteiger partial charge in [-0.15, -0.1) is 0 Å². The number of aromatic carboxylic acids is 1. The van der Waals surface area contributed by atoms with Gasteiger partial charge in [-0.2, -0.15) is 0 Å². The van der Waals surface area contributed by atoms with E-state index < -0.39 is 5.97 Å². The molecular formula is C26H26N2O4. The largest absolute Gasteiger partial charge is 0.478 e. The van der Waals surface area contributed by atoms with Crippen molar-refractivity contribution in [3.63, 3.8) is 0 Å². The molecule has 0 spiro atoms. The highest BCUT2D eigenvalue weighted by atomic mass is 16.5. The van der Waals surface area contributed by atoms with Crippen molar-refractivity contribution in [1.82, 2.24) is 9.80 Å².